The van der Waals surface area contributed by atoms with Gasteiger partial charge >= 0.3 is 0 Å². The van der Waals surface area contributed by atoms with E-state index in [0.717, 1.165) is 37.5 Å². The Kier molecular flexibility index (Phi) is 3.25. The van der Waals surface area contributed by atoms with Crippen LogP contribution in [-0.2, 0) is 4.79 Å². The summed E-state index contributed by atoms with van der Waals surface area (Å²) in [6.45, 7) is 11.3. The molecule has 4 aliphatic carbocycles. The minimum Gasteiger partial charge on any atom is -0.295 e. The smallest absolute Gasteiger partial charge is 0.155 e. The third-order valence-corrected chi connectivity index (χ3v) is 7.52. The zero-order valence-corrected chi connectivity index (χ0v) is 13.9. The first kappa shape index (κ1) is 14.5. The van der Waals surface area contributed by atoms with Gasteiger partial charge < -0.3 is 0 Å². The molecule has 0 bridgehead atoms. The van der Waals surface area contributed by atoms with E-state index in [1.807, 2.05) is 6.08 Å². The van der Waals surface area contributed by atoms with Crippen LogP contribution in [-0.4, -0.2) is 5.78 Å². The highest BCUT2D eigenvalue weighted by Crippen LogP contribution is 2.65. The summed E-state index contributed by atoms with van der Waals surface area (Å²) in [6, 6.07) is 0. The standard InChI is InChI=1S/C21H28O/c1-4-21-12-13(2)20-17-9-7-16(22)11-15(17)6-8-18(20)19(21)10-5-14(21)3/h11,17-20H,2-10,12H2,1H3/t17-,18-,19-,20+,21+/m0/s1. The van der Waals surface area contributed by atoms with Crippen LogP contribution in [0.15, 0.2) is 36.0 Å². The van der Waals surface area contributed by atoms with Crippen LogP contribution in [0, 0.1) is 29.1 Å². The SMILES string of the molecule is C=C1C[C@]2(CC)C(=C)CC[C@H]2[C@@H]2CCC3=CC(=O)CC[C@@H]3[C@@H]12. The van der Waals surface area contributed by atoms with Crippen molar-refractivity contribution in [2.75, 3.05) is 0 Å². The predicted octanol–water partition coefficient (Wildman–Crippen LogP) is 5.24. The molecule has 4 rings (SSSR count). The Morgan fingerprint density at radius 3 is 2.77 bits per heavy atom. The first-order valence-corrected chi connectivity index (χ1v) is 9.16. The van der Waals surface area contributed by atoms with Gasteiger partial charge in [-0.25, -0.2) is 0 Å². The monoisotopic (exact) mass is 296 g/mol. The van der Waals surface area contributed by atoms with Crippen molar-refractivity contribution in [3.8, 4) is 0 Å². The maximum atomic E-state index is 11.8. The number of rotatable bonds is 1. The lowest BCUT2D eigenvalue weighted by Gasteiger charge is -2.55. The van der Waals surface area contributed by atoms with Crippen molar-refractivity contribution in [3.63, 3.8) is 0 Å². The van der Waals surface area contributed by atoms with E-state index in [1.165, 1.54) is 42.4 Å². The van der Waals surface area contributed by atoms with Gasteiger partial charge in [-0.3, -0.25) is 4.79 Å². The molecule has 118 valence electrons. The summed E-state index contributed by atoms with van der Waals surface area (Å²) in [5.41, 5.74) is 4.76. The molecular formula is C21H28O. The Morgan fingerprint density at radius 2 is 2.00 bits per heavy atom. The number of hydrogen-bond donors (Lipinski definition) is 0. The van der Waals surface area contributed by atoms with Crippen molar-refractivity contribution in [2.45, 2.75) is 58.3 Å². The van der Waals surface area contributed by atoms with Crippen LogP contribution in [0.1, 0.15) is 58.3 Å². The minimum atomic E-state index is 0.350. The molecule has 0 N–H and O–H groups in total. The third-order valence-electron chi connectivity index (χ3n) is 7.52. The Labute approximate surface area is 134 Å². The van der Waals surface area contributed by atoms with Gasteiger partial charge in [0.15, 0.2) is 5.78 Å². The summed E-state index contributed by atoms with van der Waals surface area (Å²) in [7, 11) is 0. The number of hydrogen-bond acceptors (Lipinski definition) is 1. The highest BCUT2D eigenvalue weighted by molar-refractivity contribution is 5.91. The lowest BCUT2D eigenvalue weighted by atomic mass is 9.49. The molecule has 1 heteroatoms. The van der Waals surface area contributed by atoms with E-state index < -0.39 is 0 Å². The molecule has 4 aliphatic rings. The van der Waals surface area contributed by atoms with Crippen LogP contribution in [0.4, 0.5) is 0 Å². The van der Waals surface area contributed by atoms with Crippen molar-refractivity contribution in [1.82, 2.24) is 0 Å². The van der Waals surface area contributed by atoms with E-state index in [9.17, 15) is 4.79 Å². The molecule has 0 saturated heterocycles. The molecule has 0 unspecified atom stereocenters. The number of carbonyl (C=O) groups is 1. The van der Waals surface area contributed by atoms with Gasteiger partial charge in [0.25, 0.3) is 0 Å². The molecular weight excluding hydrogens is 268 g/mol. The number of allylic oxidation sites excluding steroid dienone is 3. The van der Waals surface area contributed by atoms with Crippen LogP contribution in [0.25, 0.3) is 0 Å². The Morgan fingerprint density at radius 1 is 1.18 bits per heavy atom. The van der Waals surface area contributed by atoms with Gasteiger partial charge in [-0.1, -0.05) is 36.8 Å². The average molecular weight is 296 g/mol. The fraction of sp³-hybridized carbons (Fsp3) is 0.667. The molecule has 22 heavy (non-hydrogen) atoms. The number of ketones is 1. The molecule has 3 saturated carbocycles. The Balaban J connectivity index is 1.72. The number of fused-ring (bicyclic) bond motifs is 5. The summed E-state index contributed by atoms with van der Waals surface area (Å²) < 4.78 is 0. The van der Waals surface area contributed by atoms with Gasteiger partial charge in [0.2, 0.25) is 0 Å². The van der Waals surface area contributed by atoms with Gasteiger partial charge in [0, 0.05) is 6.42 Å². The molecule has 1 nitrogen and oxygen atoms in total. The molecule has 5 atom stereocenters. The summed E-state index contributed by atoms with van der Waals surface area (Å²) in [4.78, 5) is 11.8. The number of carbonyl (C=O) groups excluding carboxylic acids is 1. The van der Waals surface area contributed by atoms with Gasteiger partial charge in [-0.05, 0) is 80.1 Å². The lowest BCUT2D eigenvalue weighted by molar-refractivity contribution is -0.115. The van der Waals surface area contributed by atoms with Gasteiger partial charge in [-0.2, -0.15) is 0 Å². The molecule has 0 aliphatic heterocycles. The minimum absolute atomic E-state index is 0.350. The van der Waals surface area contributed by atoms with Crippen molar-refractivity contribution < 1.29 is 4.79 Å². The molecule has 0 spiro atoms. The van der Waals surface area contributed by atoms with Crippen molar-refractivity contribution in [3.05, 3.63) is 36.0 Å². The fourth-order valence-corrected chi connectivity index (χ4v) is 6.54. The third kappa shape index (κ3) is 1.80. The van der Waals surface area contributed by atoms with E-state index >= 15 is 0 Å². The summed E-state index contributed by atoms with van der Waals surface area (Å²) >= 11 is 0. The van der Waals surface area contributed by atoms with E-state index in [-0.39, 0.29) is 0 Å². The predicted molar refractivity (Wildman–Crippen MR) is 90.4 cm³/mol. The Bertz CT molecular complexity index is 581. The van der Waals surface area contributed by atoms with Gasteiger partial charge in [-0.15, -0.1) is 0 Å². The second kappa shape index (κ2) is 4.94. The Hall–Kier alpha value is -1.11. The van der Waals surface area contributed by atoms with E-state index in [0.29, 0.717) is 23.0 Å². The zero-order valence-electron chi connectivity index (χ0n) is 13.9. The van der Waals surface area contributed by atoms with Crippen molar-refractivity contribution in [2.24, 2.45) is 29.1 Å². The van der Waals surface area contributed by atoms with Crippen molar-refractivity contribution in [1.29, 1.82) is 0 Å². The second-order valence-electron chi connectivity index (χ2n) is 8.15. The fourth-order valence-electron chi connectivity index (χ4n) is 6.54. The molecule has 0 aromatic rings. The van der Waals surface area contributed by atoms with Crippen molar-refractivity contribution >= 4 is 5.78 Å². The summed E-state index contributed by atoms with van der Waals surface area (Å²) in [6.07, 6.45) is 11.2. The molecule has 0 aromatic carbocycles. The van der Waals surface area contributed by atoms with Gasteiger partial charge in [0.05, 0.1) is 0 Å². The van der Waals surface area contributed by atoms with Gasteiger partial charge in [0.1, 0.15) is 0 Å². The van der Waals surface area contributed by atoms with Crippen LogP contribution >= 0.6 is 0 Å². The average Bonchev–Trinajstić information content (AvgIpc) is 2.84. The van der Waals surface area contributed by atoms with E-state index in [2.05, 4.69) is 20.1 Å². The van der Waals surface area contributed by atoms with Crippen LogP contribution < -0.4 is 0 Å². The molecule has 0 aromatic heterocycles. The van der Waals surface area contributed by atoms with Crippen LogP contribution in [0.2, 0.25) is 0 Å². The molecule has 3 fully saturated rings. The van der Waals surface area contributed by atoms with E-state index in [1.54, 1.807) is 0 Å². The van der Waals surface area contributed by atoms with E-state index in [4.69, 9.17) is 0 Å². The highest BCUT2D eigenvalue weighted by Gasteiger charge is 2.56. The van der Waals surface area contributed by atoms with Crippen LogP contribution in [0.3, 0.4) is 0 Å². The molecule has 0 heterocycles. The summed E-state index contributed by atoms with van der Waals surface area (Å²) in [5.74, 6) is 3.22. The largest absolute Gasteiger partial charge is 0.295 e. The first-order chi connectivity index (χ1) is 10.6. The lowest BCUT2D eigenvalue weighted by Crippen LogP contribution is -2.47. The zero-order chi connectivity index (χ0) is 15.5. The second-order valence-corrected chi connectivity index (χ2v) is 8.15. The maximum Gasteiger partial charge on any atom is 0.155 e. The quantitative estimate of drug-likeness (QED) is 0.605. The molecule has 0 radical (unpaired) electrons. The normalized spacial score (nSPS) is 44.2. The maximum absolute atomic E-state index is 11.8. The highest BCUT2D eigenvalue weighted by atomic mass is 16.1. The summed E-state index contributed by atoms with van der Waals surface area (Å²) in [5, 5.41) is 0. The molecule has 0 amide bonds. The first-order valence-electron chi connectivity index (χ1n) is 9.16. The topological polar surface area (TPSA) is 17.1 Å². The van der Waals surface area contributed by atoms with Crippen LogP contribution in [0.5, 0.6) is 0 Å².